The average Bonchev–Trinajstić information content (AvgIpc) is 3.26. The number of hydrogen-bond acceptors (Lipinski definition) is 4. The summed E-state index contributed by atoms with van der Waals surface area (Å²) in [5.74, 6) is -0.262. The van der Waals surface area contributed by atoms with Gasteiger partial charge in [-0.05, 0) is 60.1 Å². The molecule has 0 bridgehead atoms. The van der Waals surface area contributed by atoms with Gasteiger partial charge < -0.3 is 10.1 Å². The van der Waals surface area contributed by atoms with Crippen molar-refractivity contribution in [2.45, 2.75) is 51.3 Å². The molecular formula is C27H34ClF3N2O2. The van der Waals surface area contributed by atoms with Crippen molar-refractivity contribution in [2.75, 3.05) is 32.7 Å². The van der Waals surface area contributed by atoms with Crippen LogP contribution in [0.1, 0.15) is 60.1 Å². The Balaban J connectivity index is 0.00000342. The Kier molecular flexibility index (Phi) is 9.24. The van der Waals surface area contributed by atoms with Crippen molar-refractivity contribution in [1.29, 1.82) is 0 Å². The summed E-state index contributed by atoms with van der Waals surface area (Å²) in [6.45, 7) is 7.48. The van der Waals surface area contributed by atoms with Crippen molar-refractivity contribution < 1.29 is 22.7 Å². The predicted octanol–water partition coefficient (Wildman–Crippen LogP) is 5.55. The molecule has 2 aromatic carbocycles. The molecule has 1 saturated heterocycles. The fourth-order valence-corrected chi connectivity index (χ4v) is 4.92. The lowest BCUT2D eigenvalue weighted by atomic mass is 9.97. The number of benzene rings is 2. The second-order valence-corrected chi connectivity index (χ2v) is 9.53. The third-order valence-corrected chi connectivity index (χ3v) is 7.16. The Hall–Kier alpha value is -2.09. The Morgan fingerprint density at radius 2 is 1.80 bits per heavy atom. The number of nitrogens with one attached hydrogen (secondary N) is 1. The summed E-state index contributed by atoms with van der Waals surface area (Å²) < 4.78 is 45.9. The number of rotatable bonds is 7. The van der Waals surface area contributed by atoms with Gasteiger partial charge in [0.2, 0.25) is 0 Å². The number of piperazine rings is 1. The van der Waals surface area contributed by atoms with Crippen LogP contribution < -0.4 is 5.32 Å². The van der Waals surface area contributed by atoms with Crippen LogP contribution >= 0.6 is 12.4 Å². The maximum Gasteiger partial charge on any atom is 0.416 e. The first kappa shape index (κ1) is 27.5. The van der Waals surface area contributed by atoms with Gasteiger partial charge in [-0.3, -0.25) is 9.69 Å². The normalized spacial score (nSPS) is 20.0. The number of fused-ring (bicyclic) bond motifs is 1. The predicted molar refractivity (Wildman–Crippen MR) is 133 cm³/mol. The van der Waals surface area contributed by atoms with E-state index in [1.807, 2.05) is 13.0 Å². The van der Waals surface area contributed by atoms with Gasteiger partial charge in [0.15, 0.2) is 0 Å². The summed E-state index contributed by atoms with van der Waals surface area (Å²) in [5.41, 5.74) is 3.17. The molecule has 1 heterocycles. The minimum Gasteiger partial charge on any atom is -0.456 e. The minimum absolute atomic E-state index is 0. The average molecular weight is 511 g/mol. The molecule has 8 heteroatoms. The molecule has 0 saturated carbocycles. The van der Waals surface area contributed by atoms with Crippen LogP contribution in [0.25, 0.3) is 0 Å². The third-order valence-electron chi connectivity index (χ3n) is 7.16. The number of carbonyl (C=O) groups excluding carboxylic acids is 1. The van der Waals surface area contributed by atoms with Crippen molar-refractivity contribution in [2.24, 2.45) is 5.92 Å². The first-order chi connectivity index (χ1) is 16.2. The zero-order valence-electron chi connectivity index (χ0n) is 20.2. The maximum atomic E-state index is 13.3. The molecule has 4 nitrogen and oxygen atoms in total. The molecule has 0 aromatic heterocycles. The van der Waals surface area contributed by atoms with E-state index in [1.54, 1.807) is 6.07 Å². The SMILES string of the molecule is CCC1Cc2ccc(C(C)C(=O)OC(CN3CCNCC3)c3cccc(C(F)(F)F)c3)cc2C1.Cl. The van der Waals surface area contributed by atoms with E-state index in [4.69, 9.17) is 4.74 Å². The molecule has 2 aromatic rings. The van der Waals surface area contributed by atoms with Crippen molar-refractivity contribution in [3.05, 3.63) is 70.3 Å². The fraction of sp³-hybridized carbons (Fsp3) is 0.519. The van der Waals surface area contributed by atoms with E-state index in [0.717, 1.165) is 63.1 Å². The zero-order valence-corrected chi connectivity index (χ0v) is 21.1. The largest absolute Gasteiger partial charge is 0.456 e. The van der Waals surface area contributed by atoms with E-state index in [-0.39, 0.29) is 12.4 Å². The second-order valence-electron chi connectivity index (χ2n) is 9.53. The van der Waals surface area contributed by atoms with E-state index in [0.29, 0.717) is 18.0 Å². The molecule has 1 N–H and O–H groups in total. The lowest BCUT2D eigenvalue weighted by Gasteiger charge is -2.31. The molecule has 2 aliphatic rings. The van der Waals surface area contributed by atoms with Crippen LogP contribution in [-0.4, -0.2) is 43.6 Å². The van der Waals surface area contributed by atoms with Gasteiger partial charge in [-0.15, -0.1) is 12.4 Å². The lowest BCUT2D eigenvalue weighted by molar-refractivity contribution is -0.152. The lowest BCUT2D eigenvalue weighted by Crippen LogP contribution is -2.45. The molecule has 1 fully saturated rings. The minimum atomic E-state index is -4.45. The molecule has 0 radical (unpaired) electrons. The highest BCUT2D eigenvalue weighted by Crippen LogP contribution is 2.34. The number of alkyl halides is 3. The molecule has 192 valence electrons. The molecule has 35 heavy (non-hydrogen) atoms. The molecule has 3 atom stereocenters. The molecule has 3 unspecified atom stereocenters. The second kappa shape index (κ2) is 11.8. The molecule has 1 aliphatic carbocycles. The maximum absolute atomic E-state index is 13.3. The third kappa shape index (κ3) is 6.78. The first-order valence-electron chi connectivity index (χ1n) is 12.2. The Morgan fingerprint density at radius 1 is 1.09 bits per heavy atom. The monoisotopic (exact) mass is 510 g/mol. The summed E-state index contributed by atoms with van der Waals surface area (Å²) in [4.78, 5) is 15.3. The highest BCUT2D eigenvalue weighted by Gasteiger charge is 2.32. The number of ether oxygens (including phenoxy) is 1. The highest BCUT2D eigenvalue weighted by atomic mass is 35.5. The van der Waals surface area contributed by atoms with Crippen LogP contribution in [0.3, 0.4) is 0 Å². The van der Waals surface area contributed by atoms with Gasteiger partial charge in [0.05, 0.1) is 11.5 Å². The van der Waals surface area contributed by atoms with Gasteiger partial charge in [0, 0.05) is 32.7 Å². The van der Waals surface area contributed by atoms with Crippen LogP contribution in [0.4, 0.5) is 13.2 Å². The summed E-state index contributed by atoms with van der Waals surface area (Å²) in [6, 6.07) is 11.3. The van der Waals surface area contributed by atoms with Crippen molar-refractivity contribution in [3.8, 4) is 0 Å². The number of nitrogens with zero attached hydrogens (tertiary/aromatic N) is 1. The van der Waals surface area contributed by atoms with E-state index >= 15 is 0 Å². The van der Waals surface area contributed by atoms with Crippen molar-refractivity contribution >= 4 is 18.4 Å². The smallest absolute Gasteiger partial charge is 0.416 e. The first-order valence-corrected chi connectivity index (χ1v) is 12.2. The standard InChI is InChI=1S/C27H33F3N2O2.ClH/c1-3-19-13-21-8-7-20(15-23(21)14-19)18(2)26(33)34-25(17-32-11-9-31-10-12-32)22-5-4-6-24(16-22)27(28,29)30;/h4-8,15-16,18-19,25,31H,3,9-14,17H2,1-2H3;1H. The van der Waals surface area contributed by atoms with Gasteiger partial charge in [-0.2, -0.15) is 13.2 Å². The van der Waals surface area contributed by atoms with Gasteiger partial charge in [-0.1, -0.05) is 43.7 Å². The molecule has 0 spiro atoms. The van der Waals surface area contributed by atoms with Gasteiger partial charge in [0.1, 0.15) is 6.10 Å². The molecule has 1 aliphatic heterocycles. The Labute approximate surface area is 211 Å². The topological polar surface area (TPSA) is 41.6 Å². The van der Waals surface area contributed by atoms with Crippen LogP contribution in [0.15, 0.2) is 42.5 Å². The molecular weight excluding hydrogens is 477 g/mol. The van der Waals surface area contributed by atoms with Gasteiger partial charge >= 0.3 is 12.1 Å². The Morgan fingerprint density at radius 3 is 2.49 bits per heavy atom. The highest BCUT2D eigenvalue weighted by molar-refractivity contribution is 5.85. The summed E-state index contributed by atoms with van der Waals surface area (Å²) >= 11 is 0. The van der Waals surface area contributed by atoms with E-state index in [2.05, 4.69) is 29.3 Å². The van der Waals surface area contributed by atoms with E-state index in [9.17, 15) is 18.0 Å². The van der Waals surface area contributed by atoms with Crippen LogP contribution in [0, 0.1) is 5.92 Å². The summed E-state index contributed by atoms with van der Waals surface area (Å²) in [5, 5.41) is 3.27. The van der Waals surface area contributed by atoms with E-state index in [1.165, 1.54) is 17.2 Å². The zero-order chi connectivity index (χ0) is 24.3. The van der Waals surface area contributed by atoms with Crippen LogP contribution in [0.2, 0.25) is 0 Å². The van der Waals surface area contributed by atoms with Crippen LogP contribution in [-0.2, 0) is 28.5 Å². The molecule has 0 amide bonds. The summed E-state index contributed by atoms with van der Waals surface area (Å²) in [7, 11) is 0. The number of halogens is 4. The van der Waals surface area contributed by atoms with Gasteiger partial charge in [0.25, 0.3) is 0 Å². The number of hydrogen-bond donors (Lipinski definition) is 1. The summed E-state index contributed by atoms with van der Waals surface area (Å²) in [6.07, 6.45) is -1.99. The fourth-order valence-electron chi connectivity index (χ4n) is 4.92. The molecule has 4 rings (SSSR count). The number of esters is 1. The van der Waals surface area contributed by atoms with E-state index < -0.39 is 29.7 Å². The quantitative estimate of drug-likeness (QED) is 0.496. The Bertz CT molecular complexity index is 1010. The van der Waals surface area contributed by atoms with Crippen molar-refractivity contribution in [3.63, 3.8) is 0 Å². The van der Waals surface area contributed by atoms with Crippen LogP contribution in [0.5, 0.6) is 0 Å². The van der Waals surface area contributed by atoms with Gasteiger partial charge in [-0.25, -0.2) is 0 Å². The van der Waals surface area contributed by atoms with Crippen molar-refractivity contribution in [1.82, 2.24) is 10.2 Å². The number of carbonyl (C=O) groups is 1.